The minimum atomic E-state index is -1.31. The summed E-state index contributed by atoms with van der Waals surface area (Å²) >= 11 is 0. The van der Waals surface area contributed by atoms with Gasteiger partial charge in [0.05, 0.1) is 13.0 Å². The maximum atomic E-state index is 12.5. The van der Waals surface area contributed by atoms with Crippen LogP contribution in [0.3, 0.4) is 0 Å². The second-order valence-corrected chi connectivity index (χ2v) is 7.25. The fourth-order valence-corrected chi connectivity index (χ4v) is 3.68. The quantitative estimate of drug-likeness (QED) is 0.832. The van der Waals surface area contributed by atoms with Gasteiger partial charge < -0.3 is 14.7 Å². The zero-order valence-corrected chi connectivity index (χ0v) is 16.1. The molecule has 0 radical (unpaired) electrons. The lowest BCUT2D eigenvalue weighted by Gasteiger charge is -2.34. The van der Waals surface area contributed by atoms with Crippen LogP contribution in [0.1, 0.15) is 60.3 Å². The van der Waals surface area contributed by atoms with Crippen molar-refractivity contribution in [1.82, 2.24) is 4.90 Å². The number of aliphatic hydroxyl groups excluding tert-OH is 1. The van der Waals surface area contributed by atoms with Gasteiger partial charge in [0.2, 0.25) is 5.91 Å². The minimum Gasteiger partial charge on any atom is -0.464 e. The van der Waals surface area contributed by atoms with Crippen LogP contribution in [-0.4, -0.2) is 35.0 Å². The van der Waals surface area contributed by atoms with Gasteiger partial charge in [0.1, 0.15) is 0 Å². The van der Waals surface area contributed by atoms with E-state index in [4.69, 9.17) is 4.74 Å². The van der Waals surface area contributed by atoms with Gasteiger partial charge in [-0.2, -0.15) is 0 Å². The Morgan fingerprint density at radius 1 is 1.16 bits per heavy atom. The first-order valence-corrected chi connectivity index (χ1v) is 8.92. The summed E-state index contributed by atoms with van der Waals surface area (Å²) in [6.07, 6.45) is -0.995. The number of aliphatic hydroxyl groups is 1. The van der Waals surface area contributed by atoms with Gasteiger partial charge in [-0.05, 0) is 67.0 Å². The third kappa shape index (κ3) is 3.71. The molecule has 0 spiro atoms. The first-order valence-electron chi connectivity index (χ1n) is 8.92. The molecule has 2 rings (SSSR count). The molecule has 25 heavy (non-hydrogen) atoms. The maximum absolute atomic E-state index is 12.5. The van der Waals surface area contributed by atoms with Crippen molar-refractivity contribution in [2.45, 2.75) is 60.6 Å². The van der Waals surface area contributed by atoms with E-state index in [1.54, 1.807) is 6.92 Å². The number of hydrogen-bond acceptors (Lipinski definition) is 4. The van der Waals surface area contributed by atoms with Gasteiger partial charge in [0, 0.05) is 13.1 Å². The topological polar surface area (TPSA) is 66.8 Å². The van der Waals surface area contributed by atoms with E-state index >= 15 is 0 Å². The van der Waals surface area contributed by atoms with E-state index < -0.39 is 12.1 Å². The monoisotopic (exact) mass is 347 g/mol. The van der Waals surface area contributed by atoms with Crippen LogP contribution in [0.15, 0.2) is 0 Å². The van der Waals surface area contributed by atoms with Gasteiger partial charge in [0.15, 0.2) is 6.10 Å². The van der Waals surface area contributed by atoms with Gasteiger partial charge in [0.25, 0.3) is 0 Å². The summed E-state index contributed by atoms with van der Waals surface area (Å²) < 4.78 is 4.97. The standard InChI is InChI=1S/C20H29NO4/c1-7-25-20(24)19(23)18-13(5)12(4)16-10-21(9-11(2)3)17(22)8-15(16)14(18)6/h11,19,23H,7-10H2,1-6H3/t19-/m0/s1. The third-order valence-electron chi connectivity index (χ3n) is 5.04. The molecule has 0 fully saturated rings. The van der Waals surface area contributed by atoms with Crippen molar-refractivity contribution < 1.29 is 19.4 Å². The Hall–Kier alpha value is -1.88. The summed E-state index contributed by atoms with van der Waals surface area (Å²) in [6, 6.07) is 0. The predicted molar refractivity (Wildman–Crippen MR) is 96.2 cm³/mol. The molecule has 0 saturated carbocycles. The number of rotatable bonds is 5. The number of carbonyl (C=O) groups is 2. The van der Waals surface area contributed by atoms with Gasteiger partial charge in [-0.15, -0.1) is 0 Å². The van der Waals surface area contributed by atoms with E-state index in [9.17, 15) is 14.7 Å². The van der Waals surface area contributed by atoms with Gasteiger partial charge in [-0.25, -0.2) is 4.79 Å². The lowest BCUT2D eigenvalue weighted by Crippen LogP contribution is -2.39. The smallest absolute Gasteiger partial charge is 0.339 e. The Morgan fingerprint density at radius 3 is 2.36 bits per heavy atom. The lowest BCUT2D eigenvalue weighted by atomic mass is 9.82. The van der Waals surface area contributed by atoms with Crippen LogP contribution in [0.4, 0.5) is 0 Å². The molecule has 1 heterocycles. The van der Waals surface area contributed by atoms with Crippen LogP contribution in [0.5, 0.6) is 0 Å². The normalized spacial score (nSPS) is 15.4. The summed E-state index contributed by atoms with van der Waals surface area (Å²) in [5.41, 5.74) is 5.45. The zero-order valence-electron chi connectivity index (χ0n) is 16.1. The molecular formula is C20H29NO4. The highest BCUT2D eigenvalue weighted by molar-refractivity contribution is 5.83. The van der Waals surface area contributed by atoms with E-state index in [2.05, 4.69) is 13.8 Å². The number of esters is 1. The Balaban J connectivity index is 2.50. The van der Waals surface area contributed by atoms with E-state index in [-0.39, 0.29) is 12.5 Å². The van der Waals surface area contributed by atoms with Crippen molar-refractivity contribution in [3.05, 3.63) is 33.4 Å². The summed E-state index contributed by atoms with van der Waals surface area (Å²) in [5.74, 6) is -0.126. The van der Waals surface area contributed by atoms with Crippen molar-refractivity contribution in [3.8, 4) is 0 Å². The molecular weight excluding hydrogens is 318 g/mol. The number of hydrogen-bond donors (Lipinski definition) is 1. The van der Waals surface area contributed by atoms with E-state index in [1.807, 2.05) is 25.7 Å². The maximum Gasteiger partial charge on any atom is 0.339 e. The lowest BCUT2D eigenvalue weighted by molar-refractivity contribution is -0.153. The van der Waals surface area contributed by atoms with Crippen LogP contribution in [0.2, 0.25) is 0 Å². The first-order chi connectivity index (χ1) is 11.7. The summed E-state index contributed by atoms with van der Waals surface area (Å²) in [6.45, 7) is 13.3. The number of nitrogens with zero attached hydrogens (tertiary/aromatic N) is 1. The Labute approximate surface area is 150 Å². The van der Waals surface area contributed by atoms with Crippen molar-refractivity contribution >= 4 is 11.9 Å². The highest BCUT2D eigenvalue weighted by Crippen LogP contribution is 2.35. The first kappa shape index (κ1) is 19.4. The zero-order chi connectivity index (χ0) is 18.9. The molecule has 1 aromatic rings. The molecule has 1 N–H and O–H groups in total. The largest absolute Gasteiger partial charge is 0.464 e. The molecule has 138 valence electrons. The molecule has 0 aliphatic carbocycles. The second-order valence-electron chi connectivity index (χ2n) is 7.25. The summed E-state index contributed by atoms with van der Waals surface area (Å²) in [7, 11) is 0. The predicted octanol–water partition coefficient (Wildman–Crippen LogP) is 2.75. The van der Waals surface area contributed by atoms with Crippen LogP contribution in [0, 0.1) is 26.7 Å². The molecule has 1 amide bonds. The number of carbonyl (C=O) groups excluding carboxylic acids is 2. The number of amides is 1. The van der Waals surface area contributed by atoms with Gasteiger partial charge >= 0.3 is 5.97 Å². The van der Waals surface area contributed by atoms with Crippen molar-refractivity contribution in [1.29, 1.82) is 0 Å². The van der Waals surface area contributed by atoms with Crippen molar-refractivity contribution in [3.63, 3.8) is 0 Å². The fourth-order valence-electron chi connectivity index (χ4n) is 3.68. The number of benzene rings is 1. The Morgan fingerprint density at radius 2 is 1.80 bits per heavy atom. The summed E-state index contributed by atoms with van der Waals surface area (Å²) in [5, 5.41) is 10.5. The van der Waals surface area contributed by atoms with Crippen molar-refractivity contribution in [2.75, 3.05) is 13.2 Å². The molecule has 0 unspecified atom stereocenters. The SMILES string of the molecule is CCOC(=O)[C@@H](O)c1c(C)c(C)c2c(c1C)CC(=O)N(CC(C)C)C2. The van der Waals surface area contributed by atoms with Gasteiger partial charge in [-0.3, -0.25) is 4.79 Å². The molecule has 1 atom stereocenters. The third-order valence-corrected chi connectivity index (χ3v) is 5.04. The number of ether oxygens (including phenoxy) is 1. The highest BCUT2D eigenvalue weighted by Gasteiger charge is 2.31. The van der Waals surface area contributed by atoms with Crippen LogP contribution in [0.25, 0.3) is 0 Å². The average molecular weight is 347 g/mol. The fraction of sp³-hybridized carbons (Fsp3) is 0.600. The van der Waals surface area contributed by atoms with Crippen LogP contribution >= 0.6 is 0 Å². The minimum absolute atomic E-state index is 0.101. The van der Waals surface area contributed by atoms with E-state index in [1.165, 1.54) is 0 Å². The summed E-state index contributed by atoms with van der Waals surface area (Å²) in [4.78, 5) is 26.5. The molecule has 5 nitrogen and oxygen atoms in total. The average Bonchev–Trinajstić information content (AvgIpc) is 2.54. The molecule has 1 aliphatic heterocycles. The molecule has 5 heteroatoms. The van der Waals surface area contributed by atoms with E-state index in [0.29, 0.717) is 24.4 Å². The molecule has 1 aromatic carbocycles. The molecule has 0 aromatic heterocycles. The molecule has 0 saturated heterocycles. The highest BCUT2D eigenvalue weighted by atomic mass is 16.5. The van der Waals surface area contributed by atoms with Gasteiger partial charge in [-0.1, -0.05) is 13.8 Å². The molecule has 1 aliphatic rings. The van der Waals surface area contributed by atoms with Crippen molar-refractivity contribution in [2.24, 2.45) is 5.92 Å². The van der Waals surface area contributed by atoms with Crippen LogP contribution < -0.4 is 0 Å². The number of fused-ring (bicyclic) bond motifs is 1. The van der Waals surface area contributed by atoms with E-state index in [0.717, 1.165) is 34.4 Å². The Bertz CT molecular complexity index is 694. The molecule has 0 bridgehead atoms. The van der Waals surface area contributed by atoms with Crippen LogP contribution in [-0.2, 0) is 27.3 Å². The second kappa shape index (κ2) is 7.56. The Kier molecular flexibility index (Phi) is 5.88.